The first-order valence-electron chi connectivity index (χ1n) is 5.35. The van der Waals surface area contributed by atoms with Gasteiger partial charge in [-0.1, -0.05) is 30.3 Å². The van der Waals surface area contributed by atoms with Crippen LogP contribution in [0.5, 0.6) is 0 Å². The minimum Gasteiger partial charge on any atom is -0.446 e. The van der Waals surface area contributed by atoms with Crippen LogP contribution in [0.1, 0.15) is 18.4 Å². The van der Waals surface area contributed by atoms with Crippen LogP contribution in [0.15, 0.2) is 30.3 Å². The van der Waals surface area contributed by atoms with Crippen molar-refractivity contribution < 1.29 is 14.3 Å². The summed E-state index contributed by atoms with van der Waals surface area (Å²) in [6.45, 7) is 0.606. The Morgan fingerprint density at radius 1 is 1.25 bits per heavy atom. The number of hydrogen-bond donors (Lipinski definition) is 1. The second-order valence-electron chi connectivity index (χ2n) is 3.95. The van der Waals surface area contributed by atoms with E-state index in [0.717, 1.165) is 18.4 Å². The van der Waals surface area contributed by atoms with E-state index in [1.165, 1.54) is 0 Å². The number of benzene rings is 1. The van der Waals surface area contributed by atoms with Gasteiger partial charge in [0.05, 0.1) is 12.7 Å². The summed E-state index contributed by atoms with van der Waals surface area (Å²) in [7, 11) is 0. The minimum atomic E-state index is -0.702. The van der Waals surface area contributed by atoms with Crippen molar-refractivity contribution in [3.63, 3.8) is 0 Å². The summed E-state index contributed by atoms with van der Waals surface area (Å²) in [5.74, 6) is 0. The highest BCUT2D eigenvalue weighted by atomic mass is 16.6. The zero-order chi connectivity index (χ0) is 11.4. The average molecular weight is 221 g/mol. The molecule has 2 rings (SSSR count). The van der Waals surface area contributed by atoms with Gasteiger partial charge in [0, 0.05) is 12.8 Å². The van der Waals surface area contributed by atoms with Crippen molar-refractivity contribution in [3.05, 3.63) is 35.9 Å². The Kier molecular flexibility index (Phi) is 3.41. The molecule has 0 aliphatic heterocycles. The van der Waals surface area contributed by atoms with E-state index in [-0.39, 0.29) is 12.2 Å². The number of primary amides is 1. The SMILES string of the molecule is NC(=O)OC1CC(OCc2ccccc2)C1. The lowest BCUT2D eigenvalue weighted by atomic mass is 9.92. The molecule has 86 valence electrons. The molecule has 16 heavy (non-hydrogen) atoms. The molecule has 0 heterocycles. The van der Waals surface area contributed by atoms with Crippen molar-refractivity contribution in [2.75, 3.05) is 0 Å². The van der Waals surface area contributed by atoms with E-state index in [2.05, 4.69) is 0 Å². The first-order valence-corrected chi connectivity index (χ1v) is 5.35. The summed E-state index contributed by atoms with van der Waals surface area (Å²) in [6.07, 6.45) is 0.917. The van der Waals surface area contributed by atoms with Gasteiger partial charge in [0.25, 0.3) is 0 Å². The molecular weight excluding hydrogens is 206 g/mol. The Morgan fingerprint density at radius 3 is 2.56 bits per heavy atom. The van der Waals surface area contributed by atoms with Crippen LogP contribution in [0.2, 0.25) is 0 Å². The Hall–Kier alpha value is -1.55. The third-order valence-electron chi connectivity index (χ3n) is 2.66. The largest absolute Gasteiger partial charge is 0.446 e. The molecule has 0 bridgehead atoms. The number of hydrogen-bond acceptors (Lipinski definition) is 3. The van der Waals surface area contributed by atoms with Crippen LogP contribution in [0, 0.1) is 0 Å². The van der Waals surface area contributed by atoms with E-state index in [1.54, 1.807) is 0 Å². The fraction of sp³-hybridized carbons (Fsp3) is 0.417. The lowest BCUT2D eigenvalue weighted by Gasteiger charge is -2.33. The first kappa shape index (κ1) is 11.0. The van der Waals surface area contributed by atoms with Gasteiger partial charge >= 0.3 is 6.09 Å². The molecule has 1 fully saturated rings. The molecule has 1 aliphatic carbocycles. The van der Waals surface area contributed by atoms with Crippen LogP contribution < -0.4 is 5.73 Å². The van der Waals surface area contributed by atoms with Crippen LogP contribution >= 0.6 is 0 Å². The van der Waals surface area contributed by atoms with Crippen molar-refractivity contribution in [3.8, 4) is 0 Å². The van der Waals surface area contributed by atoms with Gasteiger partial charge in [0.15, 0.2) is 0 Å². The summed E-state index contributed by atoms with van der Waals surface area (Å²) in [4.78, 5) is 10.4. The number of nitrogens with two attached hydrogens (primary N) is 1. The van der Waals surface area contributed by atoms with E-state index in [0.29, 0.717) is 6.61 Å². The standard InChI is InChI=1S/C12H15NO3/c13-12(14)16-11-6-10(7-11)15-8-9-4-2-1-3-5-9/h1-5,10-11H,6-8H2,(H2,13,14). The van der Waals surface area contributed by atoms with Crippen LogP contribution in [0.25, 0.3) is 0 Å². The number of ether oxygens (including phenoxy) is 2. The quantitative estimate of drug-likeness (QED) is 0.843. The van der Waals surface area contributed by atoms with Crippen LogP contribution in [0.4, 0.5) is 4.79 Å². The van der Waals surface area contributed by atoms with Gasteiger partial charge < -0.3 is 15.2 Å². The van der Waals surface area contributed by atoms with E-state index < -0.39 is 6.09 Å². The summed E-state index contributed by atoms with van der Waals surface area (Å²) >= 11 is 0. The molecule has 0 unspecified atom stereocenters. The summed E-state index contributed by atoms with van der Waals surface area (Å²) < 4.78 is 10.5. The maximum Gasteiger partial charge on any atom is 0.404 e. The zero-order valence-corrected chi connectivity index (χ0v) is 8.96. The maximum atomic E-state index is 10.4. The molecule has 1 aliphatic rings. The van der Waals surface area contributed by atoms with Gasteiger partial charge in [-0.3, -0.25) is 0 Å². The fourth-order valence-electron chi connectivity index (χ4n) is 1.70. The molecule has 1 amide bonds. The van der Waals surface area contributed by atoms with Crippen LogP contribution in [-0.2, 0) is 16.1 Å². The molecule has 0 spiro atoms. The molecular formula is C12H15NO3. The Balaban J connectivity index is 1.65. The maximum absolute atomic E-state index is 10.4. The molecule has 4 heteroatoms. The lowest BCUT2D eigenvalue weighted by Crippen LogP contribution is -2.39. The van der Waals surface area contributed by atoms with Crippen LogP contribution in [-0.4, -0.2) is 18.3 Å². The van der Waals surface area contributed by atoms with Gasteiger partial charge in [-0.25, -0.2) is 4.79 Å². The second kappa shape index (κ2) is 4.99. The van der Waals surface area contributed by atoms with Crippen LogP contribution in [0.3, 0.4) is 0 Å². The molecule has 0 aromatic heterocycles. The van der Waals surface area contributed by atoms with E-state index >= 15 is 0 Å². The van der Waals surface area contributed by atoms with Gasteiger partial charge in [-0.05, 0) is 5.56 Å². The summed E-state index contributed by atoms with van der Waals surface area (Å²) in [6, 6.07) is 9.99. The van der Waals surface area contributed by atoms with E-state index in [9.17, 15) is 4.79 Å². The third kappa shape index (κ3) is 2.97. The number of rotatable bonds is 4. The molecule has 0 radical (unpaired) electrons. The highest BCUT2D eigenvalue weighted by Gasteiger charge is 2.32. The zero-order valence-electron chi connectivity index (χ0n) is 8.96. The number of amides is 1. The van der Waals surface area contributed by atoms with Gasteiger partial charge in [-0.15, -0.1) is 0 Å². The fourth-order valence-corrected chi connectivity index (χ4v) is 1.70. The van der Waals surface area contributed by atoms with Crippen molar-refractivity contribution in [1.82, 2.24) is 0 Å². The normalized spacial score (nSPS) is 23.5. The van der Waals surface area contributed by atoms with E-state index in [1.807, 2.05) is 30.3 Å². The molecule has 0 saturated heterocycles. The number of carbonyl (C=O) groups is 1. The first-order chi connectivity index (χ1) is 7.74. The third-order valence-corrected chi connectivity index (χ3v) is 2.66. The predicted molar refractivity (Wildman–Crippen MR) is 58.7 cm³/mol. The van der Waals surface area contributed by atoms with Gasteiger partial charge in [-0.2, -0.15) is 0 Å². The summed E-state index contributed by atoms with van der Waals surface area (Å²) in [5.41, 5.74) is 6.07. The molecule has 1 aromatic carbocycles. The monoisotopic (exact) mass is 221 g/mol. The predicted octanol–water partition coefficient (Wildman–Crippen LogP) is 1.83. The average Bonchev–Trinajstić information content (AvgIpc) is 2.22. The molecule has 4 nitrogen and oxygen atoms in total. The Bertz CT molecular complexity index is 347. The minimum absolute atomic E-state index is 0.0572. The molecule has 1 saturated carbocycles. The topological polar surface area (TPSA) is 61.6 Å². The molecule has 0 atom stereocenters. The highest BCUT2D eigenvalue weighted by Crippen LogP contribution is 2.27. The Morgan fingerprint density at radius 2 is 1.94 bits per heavy atom. The molecule has 2 N–H and O–H groups in total. The van der Waals surface area contributed by atoms with Gasteiger partial charge in [0.1, 0.15) is 6.10 Å². The van der Waals surface area contributed by atoms with Gasteiger partial charge in [0.2, 0.25) is 0 Å². The summed E-state index contributed by atoms with van der Waals surface area (Å²) in [5, 5.41) is 0. The van der Waals surface area contributed by atoms with E-state index in [4.69, 9.17) is 15.2 Å². The van der Waals surface area contributed by atoms with Crippen molar-refractivity contribution in [2.45, 2.75) is 31.7 Å². The highest BCUT2D eigenvalue weighted by molar-refractivity contribution is 5.64. The molecule has 1 aromatic rings. The van der Waals surface area contributed by atoms with Crippen molar-refractivity contribution in [1.29, 1.82) is 0 Å². The second-order valence-corrected chi connectivity index (χ2v) is 3.95. The van der Waals surface area contributed by atoms with Crippen molar-refractivity contribution >= 4 is 6.09 Å². The Labute approximate surface area is 94.3 Å². The lowest BCUT2D eigenvalue weighted by molar-refractivity contribution is -0.0801. The smallest absolute Gasteiger partial charge is 0.404 e. The van der Waals surface area contributed by atoms with Crippen molar-refractivity contribution in [2.24, 2.45) is 5.73 Å². The number of carbonyl (C=O) groups excluding carboxylic acids is 1.